The summed E-state index contributed by atoms with van der Waals surface area (Å²) in [5, 5.41) is 37.2. The van der Waals surface area contributed by atoms with Crippen molar-refractivity contribution in [1.82, 2.24) is 10.5 Å². The average molecular weight is 415 g/mol. The molecule has 3 rings (SSSR count). The zero-order valence-electron chi connectivity index (χ0n) is 15.7. The van der Waals surface area contributed by atoms with Gasteiger partial charge in [0.1, 0.15) is 28.6 Å². The van der Waals surface area contributed by atoms with E-state index in [4.69, 9.17) is 14.0 Å². The van der Waals surface area contributed by atoms with Crippen molar-refractivity contribution < 1.29 is 33.9 Å². The molecule has 3 N–H and O–H groups in total. The number of nitro benzene ring substituents is 1. The van der Waals surface area contributed by atoms with Gasteiger partial charge in [0.25, 0.3) is 11.6 Å². The maximum Gasteiger partial charge on any atom is 0.273 e. The van der Waals surface area contributed by atoms with E-state index in [0.717, 1.165) is 6.07 Å². The number of benzene rings is 2. The van der Waals surface area contributed by atoms with E-state index in [1.807, 2.05) is 0 Å². The maximum atomic E-state index is 12.1. The number of aromatic hydroxyl groups is 2. The Morgan fingerprint density at radius 3 is 2.63 bits per heavy atom. The van der Waals surface area contributed by atoms with Crippen molar-refractivity contribution in [1.29, 1.82) is 0 Å². The van der Waals surface area contributed by atoms with E-state index in [9.17, 15) is 25.1 Å². The molecule has 1 heterocycles. The van der Waals surface area contributed by atoms with E-state index in [-0.39, 0.29) is 52.2 Å². The Morgan fingerprint density at radius 1 is 1.23 bits per heavy atom. The number of rotatable bonds is 8. The number of non-ortho nitro benzene ring substituents is 1. The smallest absolute Gasteiger partial charge is 0.273 e. The molecule has 0 bridgehead atoms. The molecule has 1 amide bonds. The van der Waals surface area contributed by atoms with E-state index >= 15 is 0 Å². The van der Waals surface area contributed by atoms with Crippen LogP contribution in [0.15, 0.2) is 47.0 Å². The molecule has 3 aromatic rings. The average Bonchev–Trinajstić information content (AvgIpc) is 3.18. The van der Waals surface area contributed by atoms with Gasteiger partial charge >= 0.3 is 0 Å². The molecule has 156 valence electrons. The third kappa shape index (κ3) is 4.64. The van der Waals surface area contributed by atoms with E-state index in [1.54, 1.807) is 0 Å². The van der Waals surface area contributed by atoms with Crippen LogP contribution in [0.2, 0.25) is 0 Å². The molecular formula is C19H17N3O8. The number of nitrogens with zero attached hydrogens (tertiary/aromatic N) is 2. The number of methoxy groups -OCH3 is 1. The molecule has 0 spiro atoms. The molecule has 11 heteroatoms. The minimum atomic E-state index is -0.552. The number of phenolic OH excluding ortho intramolecular Hbond substituents is 2. The molecule has 1 aromatic heterocycles. The first-order valence-corrected chi connectivity index (χ1v) is 8.61. The molecule has 2 aromatic carbocycles. The highest BCUT2D eigenvalue weighted by Gasteiger charge is 2.21. The number of nitro groups is 1. The van der Waals surface area contributed by atoms with Gasteiger partial charge in [0.05, 0.1) is 11.5 Å². The molecule has 0 atom stereocenters. The minimum Gasteiger partial charge on any atom is -0.508 e. The Hall–Kier alpha value is -4.12. The van der Waals surface area contributed by atoms with E-state index in [1.165, 1.54) is 43.5 Å². The first kappa shape index (κ1) is 20.6. The predicted octanol–water partition coefficient (Wildman–Crippen LogP) is 2.83. The van der Waals surface area contributed by atoms with E-state index in [0.29, 0.717) is 6.61 Å². The number of carbonyl (C=O) groups is 1. The summed E-state index contributed by atoms with van der Waals surface area (Å²) in [5.74, 6) is -0.952. The molecule has 0 aliphatic carbocycles. The zero-order valence-corrected chi connectivity index (χ0v) is 15.7. The Labute approximate surface area is 169 Å². The van der Waals surface area contributed by atoms with Crippen LogP contribution >= 0.6 is 0 Å². The van der Waals surface area contributed by atoms with Crippen molar-refractivity contribution in [2.45, 2.75) is 0 Å². The third-order valence-corrected chi connectivity index (χ3v) is 3.92. The number of nitrogens with one attached hydrogen (secondary N) is 1. The van der Waals surface area contributed by atoms with Crippen LogP contribution in [0.4, 0.5) is 5.69 Å². The Morgan fingerprint density at radius 2 is 1.97 bits per heavy atom. The van der Waals surface area contributed by atoms with Crippen molar-refractivity contribution >= 4 is 11.6 Å². The standard InChI is InChI=1S/C19H17N3O8/c1-28-7-6-20-19(25)14-10-17(30-21-14)18-15(24)8-12(23)9-16(18)29-13-4-2-11(3-5-13)22(26)27/h2-5,8-10,23-24H,6-7H2,1H3,(H,20,25). The summed E-state index contributed by atoms with van der Waals surface area (Å²) >= 11 is 0. The van der Waals surface area contributed by atoms with Crippen molar-refractivity contribution in [3.05, 3.63) is 58.3 Å². The molecule has 11 nitrogen and oxygen atoms in total. The molecule has 0 saturated carbocycles. The fraction of sp³-hybridized carbons (Fsp3) is 0.158. The lowest BCUT2D eigenvalue weighted by Crippen LogP contribution is -2.27. The molecule has 0 aliphatic rings. The van der Waals surface area contributed by atoms with Crippen LogP contribution in [-0.2, 0) is 4.74 Å². The van der Waals surface area contributed by atoms with Crippen LogP contribution in [-0.4, -0.2) is 46.5 Å². The summed E-state index contributed by atoms with van der Waals surface area (Å²) in [6, 6.07) is 8.80. The van der Waals surface area contributed by atoms with E-state index < -0.39 is 10.8 Å². The van der Waals surface area contributed by atoms with Gasteiger partial charge in [-0.05, 0) is 12.1 Å². The fourth-order valence-corrected chi connectivity index (χ4v) is 2.53. The van der Waals surface area contributed by atoms with Crippen LogP contribution in [0.3, 0.4) is 0 Å². The normalized spacial score (nSPS) is 10.6. The molecule has 0 fully saturated rings. The lowest BCUT2D eigenvalue weighted by Gasteiger charge is -2.11. The van der Waals surface area contributed by atoms with E-state index in [2.05, 4.69) is 10.5 Å². The van der Waals surface area contributed by atoms with Crippen molar-refractivity contribution in [3.63, 3.8) is 0 Å². The molecule has 0 aliphatic heterocycles. The third-order valence-electron chi connectivity index (χ3n) is 3.92. The second kappa shape index (κ2) is 8.92. The molecule has 0 saturated heterocycles. The number of hydrogen-bond acceptors (Lipinski definition) is 9. The monoisotopic (exact) mass is 415 g/mol. The second-order valence-corrected chi connectivity index (χ2v) is 6.02. The summed E-state index contributed by atoms with van der Waals surface area (Å²) in [6.45, 7) is 0.596. The highest BCUT2D eigenvalue weighted by Crippen LogP contribution is 2.43. The van der Waals surface area contributed by atoms with Crippen LogP contribution in [0, 0.1) is 10.1 Å². The van der Waals surface area contributed by atoms with Gasteiger partial charge in [-0.1, -0.05) is 5.16 Å². The number of ether oxygens (including phenoxy) is 2. The molecular weight excluding hydrogens is 398 g/mol. The predicted molar refractivity (Wildman–Crippen MR) is 103 cm³/mol. The first-order chi connectivity index (χ1) is 14.4. The summed E-state index contributed by atoms with van der Waals surface area (Å²) in [4.78, 5) is 22.3. The molecule has 30 heavy (non-hydrogen) atoms. The zero-order chi connectivity index (χ0) is 21.7. The largest absolute Gasteiger partial charge is 0.508 e. The Kier molecular flexibility index (Phi) is 6.13. The quantitative estimate of drug-likeness (QED) is 0.286. The highest BCUT2D eigenvalue weighted by atomic mass is 16.6. The van der Waals surface area contributed by atoms with Crippen LogP contribution in [0.5, 0.6) is 23.0 Å². The Balaban J connectivity index is 1.90. The van der Waals surface area contributed by atoms with Crippen molar-refractivity contribution in [2.24, 2.45) is 0 Å². The summed E-state index contributed by atoms with van der Waals surface area (Å²) in [5.41, 5.74) is -0.120. The lowest BCUT2D eigenvalue weighted by molar-refractivity contribution is -0.384. The molecule has 0 unspecified atom stereocenters. The van der Waals surface area contributed by atoms with Gasteiger partial charge in [0.15, 0.2) is 11.5 Å². The highest BCUT2D eigenvalue weighted by molar-refractivity contribution is 5.93. The maximum absolute atomic E-state index is 12.1. The van der Waals surface area contributed by atoms with Crippen molar-refractivity contribution in [3.8, 4) is 34.3 Å². The summed E-state index contributed by atoms with van der Waals surface area (Å²) in [6.07, 6.45) is 0. The van der Waals surface area contributed by atoms with Gasteiger partial charge in [0.2, 0.25) is 0 Å². The van der Waals surface area contributed by atoms with Gasteiger partial charge < -0.3 is 29.5 Å². The van der Waals surface area contributed by atoms with Crippen LogP contribution in [0.1, 0.15) is 10.5 Å². The van der Waals surface area contributed by atoms with Crippen LogP contribution < -0.4 is 10.1 Å². The Bertz CT molecular complexity index is 1060. The SMILES string of the molecule is COCCNC(=O)c1cc(-c2c(O)cc(O)cc2Oc2ccc([N+](=O)[O-])cc2)on1. The summed E-state index contributed by atoms with van der Waals surface area (Å²) < 4.78 is 15.7. The first-order valence-electron chi connectivity index (χ1n) is 8.61. The van der Waals surface area contributed by atoms with Crippen molar-refractivity contribution in [2.75, 3.05) is 20.3 Å². The fourth-order valence-electron chi connectivity index (χ4n) is 2.53. The minimum absolute atomic E-state index is 0.0103. The topological polar surface area (TPSA) is 157 Å². The van der Waals surface area contributed by atoms with Gasteiger partial charge in [-0.2, -0.15) is 0 Å². The van der Waals surface area contributed by atoms with Gasteiger partial charge in [-0.15, -0.1) is 0 Å². The number of phenols is 2. The number of aromatic nitrogens is 1. The molecule has 0 radical (unpaired) electrons. The van der Waals surface area contributed by atoms with Gasteiger partial charge in [0, 0.05) is 44.0 Å². The summed E-state index contributed by atoms with van der Waals surface area (Å²) in [7, 11) is 1.50. The number of amides is 1. The second-order valence-electron chi connectivity index (χ2n) is 6.02. The van der Waals surface area contributed by atoms with Gasteiger partial charge in [-0.3, -0.25) is 14.9 Å². The number of carbonyl (C=O) groups excluding carboxylic acids is 1. The number of hydrogen-bond donors (Lipinski definition) is 3. The lowest BCUT2D eigenvalue weighted by atomic mass is 10.1. The van der Waals surface area contributed by atoms with Crippen LogP contribution in [0.25, 0.3) is 11.3 Å². The van der Waals surface area contributed by atoms with Gasteiger partial charge in [-0.25, -0.2) is 0 Å².